The molecule has 1 aromatic carbocycles. The molecule has 2 atom stereocenters. The summed E-state index contributed by atoms with van der Waals surface area (Å²) < 4.78 is 0. The van der Waals surface area contributed by atoms with E-state index in [1.165, 1.54) is 0 Å². The van der Waals surface area contributed by atoms with Gasteiger partial charge in [-0.25, -0.2) is 4.98 Å². The van der Waals surface area contributed by atoms with Crippen LogP contribution in [0.1, 0.15) is 24.7 Å². The molecule has 4 heteroatoms. The summed E-state index contributed by atoms with van der Waals surface area (Å²) in [4.78, 5) is 7.95. The largest absolute Gasteiger partial charge is 0.341 e. The van der Waals surface area contributed by atoms with E-state index >= 15 is 0 Å². The number of para-hydroxylation sites is 2. The van der Waals surface area contributed by atoms with Gasteiger partial charge in [-0.3, -0.25) is 0 Å². The maximum absolute atomic E-state index is 5.98. The fraction of sp³-hybridized carbons (Fsp3) is 0.417. The predicted molar refractivity (Wildman–Crippen MR) is 64.0 cm³/mol. The Morgan fingerprint density at radius 1 is 1.31 bits per heavy atom. The van der Waals surface area contributed by atoms with Gasteiger partial charge in [0, 0.05) is 6.04 Å². The topological polar surface area (TPSA) is 66.7 Å². The molecular weight excluding hydrogens is 200 g/mol. The number of benzene rings is 1. The normalized spacial score (nSPS) is 26.1. The highest BCUT2D eigenvalue weighted by molar-refractivity contribution is 5.74. The van der Waals surface area contributed by atoms with Gasteiger partial charge < -0.3 is 16.0 Å². The number of hydrogen-bond donors (Lipinski definition) is 3. The van der Waals surface area contributed by atoms with Crippen LogP contribution in [0.4, 0.5) is 0 Å². The van der Waals surface area contributed by atoms with E-state index in [2.05, 4.69) is 21.4 Å². The van der Waals surface area contributed by atoms with E-state index in [9.17, 15) is 0 Å². The summed E-state index contributed by atoms with van der Waals surface area (Å²) in [7, 11) is 0. The van der Waals surface area contributed by atoms with Gasteiger partial charge in [0.1, 0.15) is 5.82 Å². The molecule has 0 saturated carbocycles. The van der Waals surface area contributed by atoms with E-state index < -0.39 is 0 Å². The zero-order chi connectivity index (χ0) is 11.0. The van der Waals surface area contributed by atoms with Crippen molar-refractivity contribution in [2.24, 2.45) is 5.73 Å². The van der Waals surface area contributed by atoms with Crippen molar-refractivity contribution in [1.82, 2.24) is 15.3 Å². The Morgan fingerprint density at radius 3 is 3.00 bits per heavy atom. The van der Waals surface area contributed by atoms with Crippen molar-refractivity contribution >= 4 is 11.0 Å². The van der Waals surface area contributed by atoms with Gasteiger partial charge >= 0.3 is 0 Å². The molecule has 0 radical (unpaired) electrons. The molecule has 3 rings (SSSR count). The van der Waals surface area contributed by atoms with Crippen molar-refractivity contribution in [3.05, 3.63) is 30.1 Å². The summed E-state index contributed by atoms with van der Waals surface area (Å²) >= 11 is 0. The second kappa shape index (κ2) is 3.88. The van der Waals surface area contributed by atoms with Crippen LogP contribution in [0, 0.1) is 0 Å². The summed E-state index contributed by atoms with van der Waals surface area (Å²) in [5.74, 6) is 1.01. The van der Waals surface area contributed by atoms with Gasteiger partial charge in [0.05, 0.1) is 17.1 Å². The molecule has 4 N–H and O–H groups in total. The molecule has 0 bridgehead atoms. The molecule has 2 unspecified atom stereocenters. The molecule has 4 nitrogen and oxygen atoms in total. The van der Waals surface area contributed by atoms with Crippen molar-refractivity contribution in [3.63, 3.8) is 0 Å². The lowest BCUT2D eigenvalue weighted by molar-refractivity contribution is 0.360. The third-order valence-corrected chi connectivity index (χ3v) is 3.18. The molecule has 0 amide bonds. The molecule has 2 aromatic rings. The molecule has 84 valence electrons. The molecule has 1 aliphatic heterocycles. The smallest absolute Gasteiger partial charge is 0.124 e. The van der Waals surface area contributed by atoms with E-state index in [0.29, 0.717) is 6.04 Å². The number of nitrogens with zero attached hydrogens (tertiary/aromatic N) is 1. The van der Waals surface area contributed by atoms with Gasteiger partial charge in [0.15, 0.2) is 0 Å². The molecule has 1 aliphatic rings. The Balaban J connectivity index is 1.93. The summed E-state index contributed by atoms with van der Waals surface area (Å²) in [5.41, 5.74) is 8.10. The number of imidazole rings is 1. The van der Waals surface area contributed by atoms with Crippen LogP contribution in [0.15, 0.2) is 24.3 Å². The number of hydrogen-bond acceptors (Lipinski definition) is 3. The third-order valence-electron chi connectivity index (χ3n) is 3.18. The van der Waals surface area contributed by atoms with E-state index in [1.807, 2.05) is 18.2 Å². The monoisotopic (exact) mass is 216 g/mol. The molecule has 16 heavy (non-hydrogen) atoms. The van der Waals surface area contributed by atoms with Gasteiger partial charge in [-0.15, -0.1) is 0 Å². The first kappa shape index (κ1) is 9.81. The van der Waals surface area contributed by atoms with Crippen LogP contribution >= 0.6 is 0 Å². The number of nitrogens with one attached hydrogen (secondary N) is 2. The number of aromatic amines is 1. The van der Waals surface area contributed by atoms with Crippen molar-refractivity contribution in [2.75, 3.05) is 6.54 Å². The Kier molecular flexibility index (Phi) is 2.38. The minimum atomic E-state index is 0.274. The molecule has 0 aliphatic carbocycles. The minimum Gasteiger partial charge on any atom is -0.341 e. The standard InChI is InChI=1S/C12H16N4/c13-8-5-6-14-11(7-8)12-15-9-3-1-2-4-10(9)16-12/h1-4,8,11,14H,5-7,13H2,(H,15,16). The Labute approximate surface area is 94.3 Å². The number of piperidine rings is 1. The lowest BCUT2D eigenvalue weighted by atomic mass is 10.00. The fourth-order valence-electron chi connectivity index (χ4n) is 2.29. The van der Waals surface area contributed by atoms with Gasteiger partial charge in [0.25, 0.3) is 0 Å². The van der Waals surface area contributed by atoms with E-state index in [0.717, 1.165) is 36.2 Å². The highest BCUT2D eigenvalue weighted by Crippen LogP contribution is 2.22. The van der Waals surface area contributed by atoms with E-state index in [1.54, 1.807) is 0 Å². The number of H-pyrrole nitrogens is 1. The summed E-state index contributed by atoms with van der Waals surface area (Å²) in [6.07, 6.45) is 2.01. The third kappa shape index (κ3) is 1.70. The van der Waals surface area contributed by atoms with Crippen molar-refractivity contribution < 1.29 is 0 Å². The highest BCUT2D eigenvalue weighted by Gasteiger charge is 2.22. The average Bonchev–Trinajstić information content (AvgIpc) is 2.72. The van der Waals surface area contributed by atoms with Crippen LogP contribution < -0.4 is 11.1 Å². The number of aromatic nitrogens is 2. The van der Waals surface area contributed by atoms with Crippen LogP contribution in [-0.2, 0) is 0 Å². The number of nitrogens with two attached hydrogens (primary N) is 1. The highest BCUT2D eigenvalue weighted by atomic mass is 15.0. The first-order valence-corrected chi connectivity index (χ1v) is 5.76. The van der Waals surface area contributed by atoms with E-state index in [4.69, 9.17) is 5.73 Å². The molecular formula is C12H16N4. The van der Waals surface area contributed by atoms with Crippen LogP contribution in [0.25, 0.3) is 11.0 Å². The zero-order valence-corrected chi connectivity index (χ0v) is 9.11. The van der Waals surface area contributed by atoms with Crippen LogP contribution in [-0.4, -0.2) is 22.6 Å². The Hall–Kier alpha value is -1.39. The zero-order valence-electron chi connectivity index (χ0n) is 9.11. The van der Waals surface area contributed by atoms with Crippen LogP contribution in [0.5, 0.6) is 0 Å². The Morgan fingerprint density at radius 2 is 2.19 bits per heavy atom. The molecule has 0 spiro atoms. The van der Waals surface area contributed by atoms with Gasteiger partial charge in [0.2, 0.25) is 0 Å². The fourth-order valence-corrected chi connectivity index (χ4v) is 2.29. The lowest BCUT2D eigenvalue weighted by Crippen LogP contribution is -2.39. The van der Waals surface area contributed by atoms with Crippen molar-refractivity contribution in [1.29, 1.82) is 0 Å². The first-order valence-electron chi connectivity index (χ1n) is 5.76. The summed E-state index contributed by atoms with van der Waals surface area (Å²) in [6.45, 7) is 0.975. The van der Waals surface area contributed by atoms with Crippen LogP contribution in [0.2, 0.25) is 0 Å². The Bertz CT molecular complexity index is 457. The molecule has 1 fully saturated rings. The van der Waals surface area contributed by atoms with Gasteiger partial charge in [-0.05, 0) is 31.5 Å². The van der Waals surface area contributed by atoms with Gasteiger partial charge in [-0.2, -0.15) is 0 Å². The van der Waals surface area contributed by atoms with Gasteiger partial charge in [-0.1, -0.05) is 12.1 Å². The average molecular weight is 216 g/mol. The molecule has 1 aromatic heterocycles. The maximum Gasteiger partial charge on any atom is 0.124 e. The van der Waals surface area contributed by atoms with Crippen molar-refractivity contribution in [2.45, 2.75) is 24.9 Å². The first-order chi connectivity index (χ1) is 7.83. The minimum absolute atomic E-state index is 0.274. The van der Waals surface area contributed by atoms with E-state index in [-0.39, 0.29) is 6.04 Å². The summed E-state index contributed by atoms with van der Waals surface area (Å²) in [6, 6.07) is 8.67. The summed E-state index contributed by atoms with van der Waals surface area (Å²) in [5, 5.41) is 3.45. The van der Waals surface area contributed by atoms with Crippen LogP contribution in [0.3, 0.4) is 0 Å². The number of fused-ring (bicyclic) bond motifs is 1. The lowest BCUT2D eigenvalue weighted by Gasteiger charge is -2.26. The quantitative estimate of drug-likeness (QED) is 0.673. The molecule has 1 saturated heterocycles. The van der Waals surface area contributed by atoms with Crippen molar-refractivity contribution in [3.8, 4) is 0 Å². The maximum atomic E-state index is 5.98. The second-order valence-electron chi connectivity index (χ2n) is 4.43. The predicted octanol–water partition coefficient (Wildman–Crippen LogP) is 1.31. The SMILES string of the molecule is NC1CCNC(c2nc3ccccc3[nH]2)C1. The number of rotatable bonds is 1. The second-order valence-corrected chi connectivity index (χ2v) is 4.43. The molecule has 2 heterocycles.